The number of carbonyl (C=O) groups is 3. The zero-order valence-corrected chi connectivity index (χ0v) is 19.4. The van der Waals surface area contributed by atoms with Crippen molar-refractivity contribution >= 4 is 29.2 Å². The number of nitro groups is 1. The molecule has 0 N–H and O–H groups in total. The number of nitrogens with zero attached hydrogens (tertiary/aromatic N) is 1. The minimum atomic E-state index is -2.47. The fourth-order valence-corrected chi connectivity index (χ4v) is 4.32. The molecule has 1 atom stereocenters. The van der Waals surface area contributed by atoms with Crippen molar-refractivity contribution in [3.8, 4) is 0 Å². The Balaban J connectivity index is 2.09. The third-order valence-corrected chi connectivity index (χ3v) is 5.91. The van der Waals surface area contributed by atoms with Gasteiger partial charge in [-0.2, -0.15) is 0 Å². The summed E-state index contributed by atoms with van der Waals surface area (Å²) < 4.78 is 16.0. The maximum atomic E-state index is 14.0. The number of rotatable bonds is 7. The van der Waals surface area contributed by atoms with Crippen molar-refractivity contribution in [1.29, 1.82) is 0 Å². The summed E-state index contributed by atoms with van der Waals surface area (Å²) in [5, 5.41) is 11.5. The largest absolute Gasteiger partial charge is 0.466 e. The highest BCUT2D eigenvalue weighted by atomic mass is 16.6. The average molecular weight is 487 g/mol. The molecule has 3 aromatic carbocycles. The summed E-state index contributed by atoms with van der Waals surface area (Å²) in [6.07, 6.45) is 0. The molecule has 0 amide bonds. The van der Waals surface area contributed by atoms with Gasteiger partial charge in [0.25, 0.3) is 5.69 Å². The summed E-state index contributed by atoms with van der Waals surface area (Å²) in [5.41, 5.74) is -1.99. The van der Waals surface area contributed by atoms with E-state index in [0.29, 0.717) is 5.56 Å². The van der Waals surface area contributed by atoms with Crippen molar-refractivity contribution in [3.63, 3.8) is 0 Å². The molecule has 1 unspecified atom stereocenters. The van der Waals surface area contributed by atoms with Crippen LogP contribution in [-0.4, -0.2) is 42.5 Å². The van der Waals surface area contributed by atoms with Crippen LogP contribution >= 0.6 is 0 Å². The number of non-ortho nitro benzene ring substituents is 1. The van der Waals surface area contributed by atoms with Crippen LogP contribution in [-0.2, 0) is 23.8 Å². The van der Waals surface area contributed by atoms with Gasteiger partial charge in [0.2, 0.25) is 0 Å². The van der Waals surface area contributed by atoms with Crippen LogP contribution in [0.25, 0.3) is 5.76 Å². The van der Waals surface area contributed by atoms with E-state index in [1.165, 1.54) is 24.3 Å². The van der Waals surface area contributed by atoms with Gasteiger partial charge in [0.1, 0.15) is 5.76 Å². The van der Waals surface area contributed by atoms with Gasteiger partial charge in [-0.05, 0) is 5.56 Å². The standard InChI is InChI=1S/C27H21NO8/c1-34-25(30)27(26(31)35-2)22(19-14-9-15-20(16-19)28(32)33)21(23(29)17-10-5-3-6-11-17)24(36-27)18-12-7-4-8-13-18/h3-16,22H,1-2H3. The topological polar surface area (TPSA) is 122 Å². The predicted octanol–water partition coefficient (Wildman–Crippen LogP) is 4.09. The number of hydrogen-bond donors (Lipinski definition) is 0. The summed E-state index contributed by atoms with van der Waals surface area (Å²) in [7, 11) is 2.14. The quantitative estimate of drug-likeness (QED) is 0.161. The molecule has 4 rings (SSSR count). The molecule has 1 aliphatic rings. The molecule has 0 aromatic heterocycles. The lowest BCUT2D eigenvalue weighted by molar-refractivity contribution is -0.384. The Hall–Kier alpha value is -4.79. The Labute approximate surface area is 206 Å². The van der Waals surface area contributed by atoms with Crippen LogP contribution in [0, 0.1) is 10.1 Å². The van der Waals surface area contributed by atoms with E-state index in [2.05, 4.69) is 0 Å². The zero-order chi connectivity index (χ0) is 25.9. The Kier molecular flexibility index (Phi) is 6.64. The lowest BCUT2D eigenvalue weighted by atomic mass is 9.75. The zero-order valence-electron chi connectivity index (χ0n) is 19.4. The van der Waals surface area contributed by atoms with E-state index < -0.39 is 34.2 Å². The first-order valence-corrected chi connectivity index (χ1v) is 10.8. The van der Waals surface area contributed by atoms with Crippen LogP contribution in [0.2, 0.25) is 0 Å². The van der Waals surface area contributed by atoms with E-state index >= 15 is 0 Å². The first-order valence-electron chi connectivity index (χ1n) is 10.8. The van der Waals surface area contributed by atoms with Gasteiger partial charge < -0.3 is 14.2 Å². The number of carbonyl (C=O) groups excluding carboxylic acids is 3. The van der Waals surface area contributed by atoms with Crippen molar-refractivity contribution in [2.75, 3.05) is 14.2 Å². The highest BCUT2D eigenvalue weighted by Gasteiger charge is 2.65. The SMILES string of the molecule is COC(=O)C1(C(=O)OC)OC(c2ccccc2)=C(C(=O)c2ccccc2)C1c1cccc([N+](=O)[O-])c1. The number of ether oxygens (including phenoxy) is 3. The van der Waals surface area contributed by atoms with Gasteiger partial charge in [0.05, 0.1) is 30.6 Å². The van der Waals surface area contributed by atoms with Crippen molar-refractivity contribution < 1.29 is 33.5 Å². The molecule has 9 nitrogen and oxygen atoms in total. The molecule has 0 fully saturated rings. The molecule has 1 aliphatic heterocycles. The Morgan fingerprint density at radius 3 is 2.00 bits per heavy atom. The van der Waals surface area contributed by atoms with Gasteiger partial charge >= 0.3 is 17.5 Å². The molecule has 3 aromatic rings. The van der Waals surface area contributed by atoms with Gasteiger partial charge in [-0.25, -0.2) is 9.59 Å². The normalized spacial score (nSPS) is 16.1. The molecule has 1 heterocycles. The molecule has 36 heavy (non-hydrogen) atoms. The Bertz CT molecular complexity index is 1350. The maximum absolute atomic E-state index is 14.0. The van der Waals surface area contributed by atoms with E-state index in [-0.39, 0.29) is 28.1 Å². The van der Waals surface area contributed by atoms with E-state index in [4.69, 9.17) is 14.2 Å². The first kappa shape index (κ1) is 24.3. The maximum Gasteiger partial charge on any atom is 0.363 e. The smallest absolute Gasteiger partial charge is 0.363 e. The second-order valence-corrected chi connectivity index (χ2v) is 7.91. The molecular formula is C27H21NO8. The number of Topliss-reactive ketones (excluding diaryl/α,β-unsaturated/α-hetero) is 1. The summed E-state index contributed by atoms with van der Waals surface area (Å²) in [5.74, 6) is -4.21. The third kappa shape index (κ3) is 4.00. The molecule has 0 saturated heterocycles. The third-order valence-electron chi connectivity index (χ3n) is 5.91. The number of ketones is 1. The minimum Gasteiger partial charge on any atom is -0.466 e. The van der Waals surface area contributed by atoms with Crippen LogP contribution in [0.5, 0.6) is 0 Å². The van der Waals surface area contributed by atoms with Crippen molar-refractivity contribution in [1.82, 2.24) is 0 Å². The van der Waals surface area contributed by atoms with Crippen LogP contribution < -0.4 is 0 Å². The molecule has 0 saturated carbocycles. The van der Waals surface area contributed by atoms with E-state index in [1.54, 1.807) is 60.7 Å². The molecule has 0 radical (unpaired) electrons. The highest BCUT2D eigenvalue weighted by molar-refractivity contribution is 6.19. The van der Waals surface area contributed by atoms with Crippen LogP contribution in [0.1, 0.15) is 27.4 Å². The van der Waals surface area contributed by atoms with Crippen LogP contribution in [0.4, 0.5) is 5.69 Å². The summed E-state index contributed by atoms with van der Waals surface area (Å²) in [4.78, 5) is 51.5. The average Bonchev–Trinajstić information content (AvgIpc) is 3.30. The first-order chi connectivity index (χ1) is 17.3. The highest BCUT2D eigenvalue weighted by Crippen LogP contribution is 2.52. The van der Waals surface area contributed by atoms with Crippen LogP contribution in [0.15, 0.2) is 90.5 Å². The van der Waals surface area contributed by atoms with Gasteiger partial charge in [-0.1, -0.05) is 72.8 Å². The molecule has 182 valence electrons. The fraction of sp³-hybridized carbons (Fsp3) is 0.148. The number of methoxy groups -OCH3 is 2. The summed E-state index contributed by atoms with van der Waals surface area (Å²) in [6, 6.07) is 22.0. The lowest BCUT2D eigenvalue weighted by Gasteiger charge is -2.30. The number of hydrogen-bond acceptors (Lipinski definition) is 8. The fourth-order valence-electron chi connectivity index (χ4n) is 4.32. The van der Waals surface area contributed by atoms with E-state index in [9.17, 15) is 24.5 Å². The Morgan fingerprint density at radius 2 is 1.44 bits per heavy atom. The van der Waals surface area contributed by atoms with Gasteiger partial charge in [0.15, 0.2) is 5.78 Å². The summed E-state index contributed by atoms with van der Waals surface area (Å²) >= 11 is 0. The monoisotopic (exact) mass is 487 g/mol. The molecular weight excluding hydrogens is 466 g/mol. The Morgan fingerprint density at radius 1 is 0.861 bits per heavy atom. The predicted molar refractivity (Wildman–Crippen MR) is 128 cm³/mol. The van der Waals surface area contributed by atoms with Crippen LogP contribution in [0.3, 0.4) is 0 Å². The van der Waals surface area contributed by atoms with E-state index in [0.717, 1.165) is 14.2 Å². The second kappa shape index (κ2) is 9.83. The molecule has 0 aliphatic carbocycles. The van der Waals surface area contributed by atoms with Crippen molar-refractivity contribution in [2.45, 2.75) is 11.5 Å². The van der Waals surface area contributed by atoms with Gasteiger partial charge in [0, 0.05) is 23.3 Å². The van der Waals surface area contributed by atoms with Crippen molar-refractivity contribution in [3.05, 3.63) is 117 Å². The number of esters is 2. The minimum absolute atomic E-state index is 0.0308. The molecule has 0 bridgehead atoms. The van der Waals surface area contributed by atoms with E-state index in [1.807, 2.05) is 0 Å². The second-order valence-electron chi connectivity index (χ2n) is 7.91. The lowest BCUT2D eigenvalue weighted by Crippen LogP contribution is -2.53. The van der Waals surface area contributed by atoms with Gasteiger partial charge in [-0.3, -0.25) is 14.9 Å². The van der Waals surface area contributed by atoms with Crippen molar-refractivity contribution in [2.24, 2.45) is 0 Å². The molecule has 9 heteroatoms. The molecule has 0 spiro atoms. The summed E-state index contributed by atoms with van der Waals surface area (Å²) in [6.45, 7) is 0. The number of benzene rings is 3. The van der Waals surface area contributed by atoms with Gasteiger partial charge in [-0.15, -0.1) is 0 Å². The number of nitro benzene ring substituents is 1.